The summed E-state index contributed by atoms with van der Waals surface area (Å²) in [6, 6.07) is 16.3. The van der Waals surface area contributed by atoms with Crippen LogP contribution in [0.15, 0.2) is 72.0 Å². The fraction of sp³-hybridized carbons (Fsp3) is 0.292. The van der Waals surface area contributed by atoms with Crippen molar-refractivity contribution in [2.45, 2.75) is 19.9 Å². The molecule has 4 rings (SSSR count). The van der Waals surface area contributed by atoms with Crippen LogP contribution in [0.2, 0.25) is 0 Å². The number of para-hydroxylation sites is 1. The van der Waals surface area contributed by atoms with Crippen LogP contribution in [0.5, 0.6) is 0 Å². The molecule has 9 nitrogen and oxygen atoms in total. The van der Waals surface area contributed by atoms with E-state index in [-0.39, 0.29) is 5.91 Å². The lowest BCUT2D eigenvalue weighted by atomic mass is 10.1. The monoisotopic (exact) mass is 447 g/mol. The summed E-state index contributed by atoms with van der Waals surface area (Å²) in [5.74, 6) is 0.0147. The lowest BCUT2D eigenvalue weighted by molar-refractivity contribution is 0.0595. The molecule has 2 aromatic rings. The third-order valence-electron chi connectivity index (χ3n) is 5.65. The summed E-state index contributed by atoms with van der Waals surface area (Å²) < 4.78 is 0. The maximum atomic E-state index is 13.1. The Morgan fingerprint density at radius 1 is 1.00 bits per heavy atom. The number of nitrogens with zero attached hydrogens (tertiary/aromatic N) is 5. The molecule has 172 valence electrons. The summed E-state index contributed by atoms with van der Waals surface area (Å²) in [6.45, 7) is 7.56. The number of nitrogens with one attached hydrogen (secondary N) is 2. The van der Waals surface area contributed by atoms with Crippen LogP contribution < -0.4 is 15.8 Å². The van der Waals surface area contributed by atoms with Gasteiger partial charge < -0.3 is 10.2 Å². The number of allylic oxidation sites excluding steroid dienone is 1. The fourth-order valence-corrected chi connectivity index (χ4v) is 3.78. The molecule has 0 saturated carbocycles. The van der Waals surface area contributed by atoms with E-state index in [1.807, 2.05) is 35.2 Å². The number of hydrazone groups is 1. The fourth-order valence-electron chi connectivity index (χ4n) is 3.78. The highest BCUT2D eigenvalue weighted by Gasteiger charge is 2.25. The molecule has 2 heterocycles. The average Bonchev–Trinajstić information content (AvgIpc) is 2.85. The molecule has 0 spiro atoms. The molecule has 2 aliphatic rings. The van der Waals surface area contributed by atoms with E-state index in [1.54, 1.807) is 42.8 Å². The molecule has 0 bridgehead atoms. The third-order valence-corrected chi connectivity index (χ3v) is 5.65. The minimum Gasteiger partial charge on any atom is -0.336 e. The van der Waals surface area contributed by atoms with E-state index in [0.717, 1.165) is 26.2 Å². The first kappa shape index (κ1) is 22.3. The van der Waals surface area contributed by atoms with Crippen molar-refractivity contribution < 1.29 is 9.59 Å². The molecule has 2 aliphatic heterocycles. The number of amides is 3. The van der Waals surface area contributed by atoms with Crippen LogP contribution in [0.25, 0.3) is 0 Å². The van der Waals surface area contributed by atoms with Crippen molar-refractivity contribution in [3.63, 3.8) is 0 Å². The lowest BCUT2D eigenvalue weighted by Crippen LogP contribution is -2.51. The average molecular weight is 448 g/mol. The number of hydrazine groups is 2. The predicted octanol–water partition coefficient (Wildman–Crippen LogP) is 3.13. The Kier molecular flexibility index (Phi) is 6.89. The number of carbonyl (C=O) groups is 2. The molecule has 0 aliphatic carbocycles. The van der Waals surface area contributed by atoms with Crippen molar-refractivity contribution in [3.8, 4) is 0 Å². The second kappa shape index (κ2) is 10.2. The zero-order valence-corrected chi connectivity index (χ0v) is 18.9. The van der Waals surface area contributed by atoms with Gasteiger partial charge in [-0.05, 0) is 56.3 Å². The Morgan fingerprint density at radius 3 is 2.30 bits per heavy atom. The predicted molar refractivity (Wildman–Crippen MR) is 130 cm³/mol. The molecule has 33 heavy (non-hydrogen) atoms. The van der Waals surface area contributed by atoms with Crippen molar-refractivity contribution in [2.75, 3.05) is 36.5 Å². The molecular weight excluding hydrogens is 418 g/mol. The smallest absolute Gasteiger partial charge is 0.336 e. The molecule has 3 amide bonds. The van der Waals surface area contributed by atoms with Gasteiger partial charge in [-0.2, -0.15) is 5.01 Å². The number of piperazine rings is 1. The Balaban J connectivity index is 1.42. The molecule has 0 unspecified atom stereocenters. The Bertz CT molecular complexity index is 1010. The maximum Gasteiger partial charge on any atom is 0.348 e. The van der Waals surface area contributed by atoms with Crippen molar-refractivity contribution in [1.82, 2.24) is 20.5 Å². The summed E-state index contributed by atoms with van der Waals surface area (Å²) in [7, 11) is 0. The van der Waals surface area contributed by atoms with Crippen molar-refractivity contribution in [3.05, 3.63) is 72.4 Å². The molecule has 0 aromatic heterocycles. The zero-order chi connectivity index (χ0) is 23.2. The number of hydrogen-bond acceptors (Lipinski definition) is 6. The van der Waals surface area contributed by atoms with Gasteiger partial charge in [0.1, 0.15) is 0 Å². The van der Waals surface area contributed by atoms with E-state index in [9.17, 15) is 9.59 Å². The first-order valence-electron chi connectivity index (χ1n) is 11.1. The second-order valence-electron chi connectivity index (χ2n) is 8.12. The number of carbonyl (C=O) groups excluding carboxylic acids is 2. The van der Waals surface area contributed by atoms with E-state index >= 15 is 0 Å². The van der Waals surface area contributed by atoms with Gasteiger partial charge in [-0.15, -0.1) is 5.10 Å². The minimum atomic E-state index is -0.398. The molecule has 0 atom stereocenters. The molecule has 1 fully saturated rings. The van der Waals surface area contributed by atoms with Gasteiger partial charge >= 0.3 is 6.03 Å². The van der Waals surface area contributed by atoms with E-state index in [1.165, 1.54) is 10.2 Å². The van der Waals surface area contributed by atoms with Gasteiger partial charge in [0.15, 0.2) is 0 Å². The van der Waals surface area contributed by atoms with Gasteiger partial charge in [0, 0.05) is 49.7 Å². The van der Waals surface area contributed by atoms with E-state index < -0.39 is 6.03 Å². The van der Waals surface area contributed by atoms with Crippen LogP contribution in [-0.4, -0.2) is 65.4 Å². The molecule has 0 radical (unpaired) electrons. The van der Waals surface area contributed by atoms with Crippen LogP contribution in [0.1, 0.15) is 24.2 Å². The summed E-state index contributed by atoms with van der Waals surface area (Å²) in [5.41, 5.74) is 4.75. The Labute approximate surface area is 193 Å². The summed E-state index contributed by atoms with van der Waals surface area (Å²) in [4.78, 5) is 30.3. The highest BCUT2D eigenvalue weighted by Crippen LogP contribution is 2.19. The van der Waals surface area contributed by atoms with Crippen molar-refractivity contribution in [2.24, 2.45) is 5.10 Å². The van der Waals surface area contributed by atoms with Crippen LogP contribution in [0.4, 0.5) is 16.2 Å². The first-order chi connectivity index (χ1) is 16.0. The van der Waals surface area contributed by atoms with E-state index in [4.69, 9.17) is 0 Å². The molecular formula is C24H29N7O2. The SMILES string of the molecule is CC(C)N1CCN(C(=O)c2ccc(NC(=O)N(c3ccccc3)N3N=CC=CN3)cc2)CC1. The maximum absolute atomic E-state index is 13.1. The van der Waals surface area contributed by atoms with Gasteiger partial charge in [0.05, 0.1) is 11.9 Å². The highest BCUT2D eigenvalue weighted by atomic mass is 16.2. The quantitative estimate of drug-likeness (QED) is 0.736. The van der Waals surface area contributed by atoms with Gasteiger partial charge in [0.25, 0.3) is 5.91 Å². The van der Waals surface area contributed by atoms with Crippen LogP contribution in [0, 0.1) is 0 Å². The lowest BCUT2D eigenvalue weighted by Gasteiger charge is -2.37. The number of urea groups is 1. The number of anilines is 2. The van der Waals surface area contributed by atoms with Gasteiger partial charge in [0.2, 0.25) is 0 Å². The zero-order valence-electron chi connectivity index (χ0n) is 18.9. The van der Waals surface area contributed by atoms with Crippen LogP contribution in [-0.2, 0) is 0 Å². The van der Waals surface area contributed by atoms with Crippen molar-refractivity contribution in [1.29, 1.82) is 0 Å². The molecule has 1 saturated heterocycles. The van der Waals surface area contributed by atoms with Gasteiger partial charge in [-0.3, -0.25) is 15.1 Å². The topological polar surface area (TPSA) is 83.5 Å². The Hall–Kier alpha value is -3.85. The largest absolute Gasteiger partial charge is 0.348 e. The number of benzene rings is 2. The first-order valence-corrected chi connectivity index (χ1v) is 11.1. The normalized spacial score (nSPS) is 16.0. The minimum absolute atomic E-state index is 0.0147. The molecule has 9 heteroatoms. The van der Waals surface area contributed by atoms with Crippen LogP contribution in [0.3, 0.4) is 0 Å². The summed E-state index contributed by atoms with van der Waals surface area (Å²) >= 11 is 0. The number of hydrogen-bond donors (Lipinski definition) is 2. The summed E-state index contributed by atoms with van der Waals surface area (Å²) in [5, 5.41) is 9.80. The highest BCUT2D eigenvalue weighted by molar-refractivity contribution is 6.01. The van der Waals surface area contributed by atoms with Gasteiger partial charge in [-0.1, -0.05) is 23.4 Å². The third kappa shape index (κ3) is 5.32. The van der Waals surface area contributed by atoms with Gasteiger partial charge in [-0.25, -0.2) is 4.79 Å². The Morgan fingerprint density at radius 2 is 1.70 bits per heavy atom. The second-order valence-corrected chi connectivity index (χ2v) is 8.12. The number of rotatable bonds is 5. The van der Waals surface area contributed by atoms with E-state index in [0.29, 0.717) is 23.0 Å². The van der Waals surface area contributed by atoms with Crippen LogP contribution >= 0.6 is 0 Å². The molecule has 2 aromatic carbocycles. The van der Waals surface area contributed by atoms with E-state index in [2.05, 4.69) is 34.6 Å². The van der Waals surface area contributed by atoms with Crippen molar-refractivity contribution >= 4 is 29.5 Å². The standard InChI is InChI=1S/C24H29N7O2/c1-19(2)28-15-17-29(18-16-28)23(32)20-9-11-21(12-10-20)27-24(33)30(22-7-4-3-5-8-22)31-25-13-6-14-26-31/h3-14,19,25H,15-18H2,1-2H3,(H,27,33). The molecule has 2 N–H and O–H groups in total. The summed E-state index contributed by atoms with van der Waals surface area (Å²) in [6.07, 6.45) is 4.99.